The Balaban J connectivity index is 1.53. The molecule has 2 aromatic carbocycles. The number of piperidine rings is 1. The van der Waals surface area contributed by atoms with Gasteiger partial charge < -0.3 is 9.64 Å². The summed E-state index contributed by atoms with van der Waals surface area (Å²) >= 11 is 0. The number of carbonyl (C=O) groups excluding carboxylic acids is 1. The van der Waals surface area contributed by atoms with Crippen LogP contribution in [0.5, 0.6) is 0 Å². The Morgan fingerprint density at radius 2 is 1.65 bits per heavy atom. The van der Waals surface area contributed by atoms with Crippen LogP contribution in [-0.2, 0) is 9.53 Å². The minimum Gasteiger partial charge on any atom is -0.436 e. The smallest absolute Gasteiger partial charge is 0.436 e. The zero-order valence-corrected chi connectivity index (χ0v) is 19.8. The van der Waals surface area contributed by atoms with Crippen molar-refractivity contribution in [3.05, 3.63) is 72.4 Å². The average Bonchev–Trinajstić information content (AvgIpc) is 2.92. The summed E-state index contributed by atoms with van der Waals surface area (Å²) in [4.78, 5) is 27.5. The zero-order valence-electron chi connectivity index (χ0n) is 19.8. The van der Waals surface area contributed by atoms with Gasteiger partial charge in [0.2, 0.25) is 5.95 Å². The molecule has 3 heterocycles. The fourth-order valence-electron chi connectivity index (χ4n) is 4.34. The summed E-state index contributed by atoms with van der Waals surface area (Å²) in [5.74, 6) is -1.69. The van der Waals surface area contributed by atoms with E-state index < -0.39 is 18.4 Å². The van der Waals surface area contributed by atoms with Gasteiger partial charge in [0.1, 0.15) is 0 Å². The van der Waals surface area contributed by atoms with Crippen LogP contribution in [0.1, 0.15) is 31.1 Å². The molecule has 0 bridgehead atoms. The van der Waals surface area contributed by atoms with Crippen LogP contribution in [-0.4, -0.2) is 40.2 Å². The van der Waals surface area contributed by atoms with Gasteiger partial charge in [0.15, 0.2) is 11.9 Å². The summed E-state index contributed by atoms with van der Waals surface area (Å²) in [6, 6.07) is 18.1. The average molecular weight is 508 g/mol. The van der Waals surface area contributed by atoms with Crippen LogP contribution in [0.25, 0.3) is 33.4 Å². The highest BCUT2D eigenvalue weighted by Gasteiger charge is 2.42. The maximum atomic E-state index is 12.5. The normalized spacial score (nSPS) is 15.0. The summed E-state index contributed by atoms with van der Waals surface area (Å²) in [5, 5.41) is 0.793. The lowest BCUT2D eigenvalue weighted by Gasteiger charge is -2.26. The fraction of sp³-hybridized carbons (Fsp3) is 0.259. The second-order valence-corrected chi connectivity index (χ2v) is 8.83. The van der Waals surface area contributed by atoms with Crippen LogP contribution in [0, 0.1) is 0 Å². The molecule has 0 saturated carbocycles. The van der Waals surface area contributed by atoms with E-state index in [-0.39, 0.29) is 5.56 Å². The van der Waals surface area contributed by atoms with Crippen molar-refractivity contribution in [3.8, 4) is 22.4 Å². The Hall–Kier alpha value is -4.05. The van der Waals surface area contributed by atoms with Gasteiger partial charge in [-0.05, 0) is 30.9 Å². The number of ether oxygens (including phenoxy) is 1. The van der Waals surface area contributed by atoms with Gasteiger partial charge in [0.05, 0.1) is 5.69 Å². The van der Waals surface area contributed by atoms with Gasteiger partial charge >= 0.3 is 12.1 Å². The Morgan fingerprint density at radius 1 is 0.946 bits per heavy atom. The van der Waals surface area contributed by atoms with E-state index in [1.165, 1.54) is 18.6 Å². The minimum atomic E-state index is -5.12. The number of hydrogen-bond acceptors (Lipinski definition) is 7. The topological polar surface area (TPSA) is 94.2 Å². The fourth-order valence-corrected chi connectivity index (χ4v) is 4.34. The molecule has 0 spiro atoms. The maximum Gasteiger partial charge on any atom is 0.490 e. The molecular formula is C27H24F3N5O2. The highest BCUT2D eigenvalue weighted by molar-refractivity contribution is 5.90. The van der Waals surface area contributed by atoms with Gasteiger partial charge in [-0.25, -0.2) is 14.8 Å². The van der Waals surface area contributed by atoms with E-state index in [1.807, 2.05) is 36.4 Å². The van der Waals surface area contributed by atoms with E-state index >= 15 is 0 Å². The molecule has 1 aliphatic rings. The lowest BCUT2D eigenvalue weighted by Crippen LogP contribution is -2.30. The van der Waals surface area contributed by atoms with E-state index in [0.717, 1.165) is 42.4 Å². The molecule has 2 N–H and O–H groups in total. The number of hydrogen-bond donors (Lipinski definition) is 1. The van der Waals surface area contributed by atoms with Crippen LogP contribution in [0.3, 0.4) is 0 Å². The van der Waals surface area contributed by atoms with E-state index in [4.69, 9.17) is 15.7 Å². The molecule has 2 aromatic heterocycles. The van der Waals surface area contributed by atoms with Crippen molar-refractivity contribution in [3.63, 3.8) is 0 Å². The largest absolute Gasteiger partial charge is 0.490 e. The van der Waals surface area contributed by atoms with Crippen LogP contribution in [0.15, 0.2) is 66.9 Å². The molecule has 10 heteroatoms. The SMILES string of the molecule is NC(OC(=O)C(F)(F)F)c1ccc(-c2nc3nc(N4CCCCC4)ncc3cc2-c2ccccc2)cc1. The Bertz CT molecular complexity index is 1410. The quantitative estimate of drug-likeness (QED) is 0.285. The van der Waals surface area contributed by atoms with Crippen molar-refractivity contribution in [1.82, 2.24) is 15.0 Å². The number of benzene rings is 2. The van der Waals surface area contributed by atoms with Gasteiger partial charge in [-0.2, -0.15) is 18.2 Å². The third-order valence-corrected chi connectivity index (χ3v) is 6.26. The number of alkyl halides is 3. The van der Waals surface area contributed by atoms with Gasteiger partial charge in [-0.3, -0.25) is 5.73 Å². The first-order valence-corrected chi connectivity index (χ1v) is 11.9. The lowest BCUT2D eigenvalue weighted by atomic mass is 9.97. The molecule has 190 valence electrons. The predicted octanol–water partition coefficient (Wildman–Crippen LogP) is 5.41. The van der Waals surface area contributed by atoms with Crippen molar-refractivity contribution in [2.24, 2.45) is 5.73 Å². The molecule has 4 aromatic rings. The number of nitrogens with two attached hydrogens (primary N) is 1. The molecule has 1 unspecified atom stereocenters. The molecule has 1 aliphatic heterocycles. The number of carbonyl (C=O) groups is 1. The highest BCUT2D eigenvalue weighted by atomic mass is 19.4. The van der Waals surface area contributed by atoms with Gasteiger partial charge in [0.25, 0.3) is 0 Å². The van der Waals surface area contributed by atoms with Crippen molar-refractivity contribution in [2.75, 3.05) is 18.0 Å². The molecule has 37 heavy (non-hydrogen) atoms. The predicted molar refractivity (Wildman–Crippen MR) is 133 cm³/mol. The van der Waals surface area contributed by atoms with E-state index in [9.17, 15) is 18.0 Å². The number of halogens is 3. The molecule has 0 radical (unpaired) electrons. The van der Waals surface area contributed by atoms with Crippen LogP contribution in [0.4, 0.5) is 19.1 Å². The molecule has 0 aliphatic carbocycles. The van der Waals surface area contributed by atoms with Gasteiger partial charge in [0, 0.05) is 41.4 Å². The Labute approximate surface area is 211 Å². The third-order valence-electron chi connectivity index (χ3n) is 6.26. The van der Waals surface area contributed by atoms with Crippen molar-refractivity contribution >= 4 is 23.0 Å². The minimum absolute atomic E-state index is 0.220. The second kappa shape index (κ2) is 10.1. The number of rotatable bonds is 5. The third kappa shape index (κ3) is 5.39. The second-order valence-electron chi connectivity index (χ2n) is 8.83. The first kappa shape index (κ1) is 24.6. The van der Waals surface area contributed by atoms with E-state index in [1.54, 1.807) is 18.3 Å². The molecule has 0 amide bonds. The molecule has 1 fully saturated rings. The molecule has 7 nitrogen and oxygen atoms in total. The van der Waals surface area contributed by atoms with Crippen LogP contribution in [0.2, 0.25) is 0 Å². The number of aromatic nitrogens is 3. The molecule has 1 saturated heterocycles. The number of anilines is 1. The Morgan fingerprint density at radius 3 is 2.32 bits per heavy atom. The molecule has 1 atom stereocenters. The summed E-state index contributed by atoms with van der Waals surface area (Å²) < 4.78 is 42.0. The van der Waals surface area contributed by atoms with Crippen molar-refractivity contribution in [1.29, 1.82) is 0 Å². The molecule has 5 rings (SSSR count). The van der Waals surface area contributed by atoms with Crippen molar-refractivity contribution < 1.29 is 22.7 Å². The summed E-state index contributed by atoms with van der Waals surface area (Å²) in [7, 11) is 0. The number of esters is 1. The van der Waals surface area contributed by atoms with Gasteiger partial charge in [-0.1, -0.05) is 54.6 Å². The van der Waals surface area contributed by atoms with Gasteiger partial charge in [-0.15, -0.1) is 0 Å². The van der Waals surface area contributed by atoms with Crippen molar-refractivity contribution in [2.45, 2.75) is 31.7 Å². The Kier molecular flexibility index (Phi) is 6.75. The summed E-state index contributed by atoms with van der Waals surface area (Å²) in [5.41, 5.74) is 9.59. The first-order chi connectivity index (χ1) is 17.8. The standard InChI is InChI=1S/C27H24F3N5O2/c28-27(29,30)25(36)37-23(31)19-11-9-18(10-12-19)22-21(17-7-3-1-4-8-17)15-20-16-32-26(34-24(20)33-22)35-13-5-2-6-14-35/h1,3-4,7-12,15-16,23H,2,5-6,13-14,31H2. The summed E-state index contributed by atoms with van der Waals surface area (Å²) in [6.07, 6.45) is -1.50. The summed E-state index contributed by atoms with van der Waals surface area (Å²) in [6.45, 7) is 1.81. The van der Waals surface area contributed by atoms with Crippen LogP contribution < -0.4 is 10.6 Å². The number of fused-ring (bicyclic) bond motifs is 1. The monoisotopic (exact) mass is 507 g/mol. The number of pyridine rings is 1. The highest BCUT2D eigenvalue weighted by Crippen LogP contribution is 2.34. The van der Waals surface area contributed by atoms with E-state index in [0.29, 0.717) is 22.9 Å². The zero-order chi connectivity index (χ0) is 26.0. The number of nitrogens with zero attached hydrogens (tertiary/aromatic N) is 4. The van der Waals surface area contributed by atoms with Crippen LogP contribution >= 0.6 is 0 Å². The first-order valence-electron chi connectivity index (χ1n) is 11.9. The molecular weight excluding hydrogens is 483 g/mol. The maximum absolute atomic E-state index is 12.5. The van der Waals surface area contributed by atoms with E-state index in [2.05, 4.69) is 14.6 Å². The lowest BCUT2D eigenvalue weighted by molar-refractivity contribution is -0.205.